The molecule has 0 fully saturated rings. The summed E-state index contributed by atoms with van der Waals surface area (Å²) in [6.45, 7) is 6.41. The number of nitrogens with zero attached hydrogens (tertiary/aromatic N) is 2. The molecule has 1 N–H and O–H groups in total. The summed E-state index contributed by atoms with van der Waals surface area (Å²) in [6.07, 6.45) is 2.95. The largest absolute Gasteiger partial charge is 0.313 e. The summed E-state index contributed by atoms with van der Waals surface area (Å²) >= 11 is 3.57. The average molecular weight is 336 g/mol. The van der Waals surface area contributed by atoms with E-state index >= 15 is 0 Å². The molecule has 4 heteroatoms. The topological polar surface area (TPSA) is 29.9 Å². The lowest BCUT2D eigenvalue weighted by atomic mass is 10.0. The Bertz CT molecular complexity index is 555. The average Bonchev–Trinajstić information content (AvgIpc) is 2.83. The lowest BCUT2D eigenvalue weighted by molar-refractivity contribution is 0.515. The van der Waals surface area contributed by atoms with Crippen LogP contribution in [0.4, 0.5) is 0 Å². The van der Waals surface area contributed by atoms with E-state index in [1.807, 2.05) is 11.7 Å². The maximum atomic E-state index is 4.63. The minimum Gasteiger partial charge on any atom is -0.313 e. The summed E-state index contributed by atoms with van der Waals surface area (Å²) in [4.78, 5) is 0. The molecule has 0 bridgehead atoms. The van der Waals surface area contributed by atoms with E-state index in [0.717, 1.165) is 16.6 Å². The van der Waals surface area contributed by atoms with E-state index in [0.29, 0.717) is 6.04 Å². The van der Waals surface area contributed by atoms with Gasteiger partial charge in [0.25, 0.3) is 0 Å². The van der Waals surface area contributed by atoms with E-state index in [-0.39, 0.29) is 6.04 Å². The molecule has 0 saturated carbocycles. The monoisotopic (exact) mass is 335 g/mol. The zero-order valence-electron chi connectivity index (χ0n) is 12.5. The van der Waals surface area contributed by atoms with Crippen LogP contribution in [-0.4, -0.2) is 16.8 Å². The fourth-order valence-electron chi connectivity index (χ4n) is 2.34. The molecule has 3 nitrogen and oxygen atoms in total. The molecule has 0 aliphatic carbocycles. The molecule has 108 valence electrons. The number of aryl methyl sites for hydroxylation is 1. The van der Waals surface area contributed by atoms with Gasteiger partial charge in [-0.1, -0.05) is 22.0 Å². The highest BCUT2D eigenvalue weighted by atomic mass is 79.9. The first-order valence-corrected chi connectivity index (χ1v) is 7.77. The minimum absolute atomic E-state index is 0.279. The van der Waals surface area contributed by atoms with Crippen LogP contribution < -0.4 is 5.32 Å². The molecular formula is C16H22BrN3. The first-order valence-electron chi connectivity index (χ1n) is 6.98. The van der Waals surface area contributed by atoms with Gasteiger partial charge in [0.2, 0.25) is 0 Å². The van der Waals surface area contributed by atoms with Gasteiger partial charge < -0.3 is 5.32 Å². The first-order chi connectivity index (χ1) is 9.49. The van der Waals surface area contributed by atoms with Crippen molar-refractivity contribution in [2.75, 3.05) is 7.05 Å². The highest BCUT2D eigenvalue weighted by Crippen LogP contribution is 2.23. The van der Waals surface area contributed by atoms with Crippen LogP contribution in [0, 0.1) is 6.92 Å². The van der Waals surface area contributed by atoms with Crippen molar-refractivity contribution < 1.29 is 0 Å². The summed E-state index contributed by atoms with van der Waals surface area (Å²) in [5.41, 5.74) is 3.68. The maximum absolute atomic E-state index is 4.63. The molecule has 2 aromatic rings. The van der Waals surface area contributed by atoms with Crippen LogP contribution in [0.1, 0.15) is 42.8 Å². The number of halogens is 1. The SMILES string of the molecule is CNC(Cc1ccn(C(C)C)n1)c1cc(C)cc(Br)c1. The van der Waals surface area contributed by atoms with Crippen LogP contribution in [0.2, 0.25) is 0 Å². The normalized spacial score (nSPS) is 12.9. The summed E-state index contributed by atoms with van der Waals surface area (Å²) in [6, 6.07) is 9.32. The second-order valence-corrected chi connectivity index (χ2v) is 6.40. The van der Waals surface area contributed by atoms with Gasteiger partial charge in [0.1, 0.15) is 0 Å². The van der Waals surface area contributed by atoms with Crippen molar-refractivity contribution in [1.82, 2.24) is 15.1 Å². The first kappa shape index (κ1) is 15.3. The van der Waals surface area contributed by atoms with Crippen molar-refractivity contribution in [2.45, 2.75) is 39.3 Å². The van der Waals surface area contributed by atoms with Crippen LogP contribution >= 0.6 is 15.9 Å². The summed E-state index contributed by atoms with van der Waals surface area (Å²) in [5.74, 6) is 0. The number of rotatable bonds is 5. The Hall–Kier alpha value is -1.13. The molecule has 0 radical (unpaired) electrons. The number of likely N-dealkylation sites (N-methyl/N-ethyl adjacent to an activating group) is 1. The van der Waals surface area contributed by atoms with Crippen LogP contribution in [0.25, 0.3) is 0 Å². The molecular weight excluding hydrogens is 314 g/mol. The van der Waals surface area contributed by atoms with Crippen molar-refractivity contribution in [3.63, 3.8) is 0 Å². The van der Waals surface area contributed by atoms with Gasteiger partial charge in [-0.3, -0.25) is 4.68 Å². The highest BCUT2D eigenvalue weighted by Gasteiger charge is 2.13. The van der Waals surface area contributed by atoms with Crippen molar-refractivity contribution in [3.05, 3.63) is 51.8 Å². The third-order valence-corrected chi connectivity index (χ3v) is 3.88. The minimum atomic E-state index is 0.279. The van der Waals surface area contributed by atoms with E-state index in [1.54, 1.807) is 0 Å². The number of hydrogen-bond acceptors (Lipinski definition) is 2. The zero-order valence-corrected chi connectivity index (χ0v) is 14.1. The lowest BCUT2D eigenvalue weighted by Crippen LogP contribution is -2.19. The summed E-state index contributed by atoms with van der Waals surface area (Å²) in [5, 5.41) is 8.02. The van der Waals surface area contributed by atoms with Crippen molar-refractivity contribution in [1.29, 1.82) is 0 Å². The summed E-state index contributed by atoms with van der Waals surface area (Å²) < 4.78 is 3.13. The van der Waals surface area contributed by atoms with Gasteiger partial charge in [-0.2, -0.15) is 5.10 Å². The third kappa shape index (κ3) is 3.70. The van der Waals surface area contributed by atoms with Gasteiger partial charge in [0.15, 0.2) is 0 Å². The molecule has 1 heterocycles. The van der Waals surface area contributed by atoms with Crippen molar-refractivity contribution >= 4 is 15.9 Å². The second-order valence-electron chi connectivity index (χ2n) is 5.49. The molecule has 0 aliphatic heterocycles. The van der Waals surface area contributed by atoms with Crippen LogP contribution in [-0.2, 0) is 6.42 Å². The molecule has 1 unspecified atom stereocenters. The Labute approximate surface area is 129 Å². The Morgan fingerprint density at radius 1 is 1.30 bits per heavy atom. The summed E-state index contributed by atoms with van der Waals surface area (Å²) in [7, 11) is 2.00. The van der Waals surface area contributed by atoms with Crippen molar-refractivity contribution in [2.24, 2.45) is 0 Å². The van der Waals surface area contributed by atoms with E-state index in [1.165, 1.54) is 11.1 Å². The quantitative estimate of drug-likeness (QED) is 0.893. The predicted molar refractivity (Wildman–Crippen MR) is 87.0 cm³/mol. The molecule has 20 heavy (non-hydrogen) atoms. The van der Waals surface area contributed by atoms with E-state index in [2.05, 4.69) is 77.6 Å². The second kappa shape index (κ2) is 6.55. The standard InChI is InChI=1S/C16H22BrN3/c1-11(2)20-6-5-15(19-20)10-16(18-4)13-7-12(3)8-14(17)9-13/h5-9,11,16,18H,10H2,1-4H3. The van der Waals surface area contributed by atoms with Crippen LogP contribution in [0.5, 0.6) is 0 Å². The zero-order chi connectivity index (χ0) is 14.7. The molecule has 1 aromatic carbocycles. The number of nitrogens with one attached hydrogen (secondary N) is 1. The number of benzene rings is 1. The van der Waals surface area contributed by atoms with Gasteiger partial charge in [-0.05, 0) is 57.1 Å². The molecule has 0 saturated heterocycles. The lowest BCUT2D eigenvalue weighted by Gasteiger charge is -2.16. The van der Waals surface area contributed by atoms with Gasteiger partial charge in [0.05, 0.1) is 5.69 Å². The molecule has 1 aromatic heterocycles. The number of hydrogen-bond donors (Lipinski definition) is 1. The van der Waals surface area contributed by atoms with Gasteiger partial charge in [-0.25, -0.2) is 0 Å². The Balaban J connectivity index is 2.19. The Kier molecular flexibility index (Phi) is 5.00. The highest BCUT2D eigenvalue weighted by molar-refractivity contribution is 9.10. The van der Waals surface area contributed by atoms with E-state index < -0.39 is 0 Å². The fourth-order valence-corrected chi connectivity index (χ4v) is 2.96. The van der Waals surface area contributed by atoms with Gasteiger partial charge >= 0.3 is 0 Å². The third-order valence-electron chi connectivity index (χ3n) is 3.42. The molecule has 0 aliphatic rings. The molecule has 1 atom stereocenters. The van der Waals surface area contributed by atoms with Crippen molar-refractivity contribution in [3.8, 4) is 0 Å². The maximum Gasteiger partial charge on any atom is 0.0643 e. The smallest absolute Gasteiger partial charge is 0.0643 e. The predicted octanol–water partition coefficient (Wildman–Crippen LogP) is 4.04. The Morgan fingerprint density at radius 3 is 2.60 bits per heavy atom. The van der Waals surface area contributed by atoms with E-state index in [9.17, 15) is 0 Å². The van der Waals surface area contributed by atoms with Crippen LogP contribution in [0.3, 0.4) is 0 Å². The number of aromatic nitrogens is 2. The molecule has 0 spiro atoms. The fraction of sp³-hybridized carbons (Fsp3) is 0.438. The molecule has 0 amide bonds. The van der Waals surface area contributed by atoms with Crippen LogP contribution in [0.15, 0.2) is 34.9 Å². The van der Waals surface area contributed by atoms with Gasteiger partial charge in [-0.15, -0.1) is 0 Å². The Morgan fingerprint density at radius 2 is 2.05 bits per heavy atom. The van der Waals surface area contributed by atoms with Gasteiger partial charge in [0, 0.05) is 29.2 Å². The molecule has 2 rings (SSSR count). The van der Waals surface area contributed by atoms with E-state index in [4.69, 9.17) is 0 Å².